The third-order valence-corrected chi connectivity index (χ3v) is 5.13. The molecule has 0 atom stereocenters. The average Bonchev–Trinajstić information content (AvgIpc) is 2.92. The molecule has 0 aliphatic carbocycles. The van der Waals surface area contributed by atoms with E-state index in [4.69, 9.17) is 14.2 Å². The molecule has 0 spiro atoms. The molecule has 29 heavy (non-hydrogen) atoms. The average molecular weight is 399 g/mol. The second-order valence-electron chi connectivity index (χ2n) is 7.87. The third-order valence-electron chi connectivity index (χ3n) is 5.13. The molecule has 1 saturated heterocycles. The topological polar surface area (TPSA) is 65.1 Å². The van der Waals surface area contributed by atoms with Crippen LogP contribution in [0.15, 0.2) is 30.3 Å². The first-order valence-corrected chi connectivity index (χ1v) is 9.48. The van der Waals surface area contributed by atoms with Gasteiger partial charge in [0.1, 0.15) is 28.7 Å². The summed E-state index contributed by atoms with van der Waals surface area (Å²) in [4.78, 5) is 26.1. The molecule has 2 aliphatic rings. The van der Waals surface area contributed by atoms with Crippen LogP contribution in [0.3, 0.4) is 0 Å². The molecule has 6 nitrogen and oxygen atoms in total. The fraction of sp³-hybridized carbons (Fsp3) is 0.364. The lowest BCUT2D eigenvalue weighted by atomic mass is 9.97. The summed E-state index contributed by atoms with van der Waals surface area (Å²) in [6.45, 7) is 5.16. The fourth-order valence-electron chi connectivity index (χ4n) is 3.56. The van der Waals surface area contributed by atoms with Gasteiger partial charge in [-0.3, -0.25) is 4.79 Å². The van der Waals surface area contributed by atoms with E-state index in [0.29, 0.717) is 36.6 Å². The van der Waals surface area contributed by atoms with Crippen molar-refractivity contribution in [3.05, 3.63) is 52.8 Å². The SMILES string of the molecule is COC(=O)c1cc(Oc2ccc(C(=O)N3CCC3)c(F)c2)cc2c1CC(C)(C)O2. The van der Waals surface area contributed by atoms with Gasteiger partial charge < -0.3 is 19.1 Å². The lowest BCUT2D eigenvalue weighted by molar-refractivity contribution is 0.0598. The number of carbonyl (C=O) groups is 2. The molecule has 2 aromatic rings. The number of likely N-dealkylation sites (tertiary alicyclic amines) is 1. The van der Waals surface area contributed by atoms with Gasteiger partial charge in [-0.25, -0.2) is 9.18 Å². The van der Waals surface area contributed by atoms with Crippen molar-refractivity contribution in [3.63, 3.8) is 0 Å². The van der Waals surface area contributed by atoms with E-state index in [1.54, 1.807) is 17.0 Å². The molecule has 0 radical (unpaired) electrons. The number of hydrogen-bond donors (Lipinski definition) is 0. The van der Waals surface area contributed by atoms with E-state index in [1.165, 1.54) is 25.3 Å². The Balaban J connectivity index is 1.62. The summed E-state index contributed by atoms with van der Waals surface area (Å²) in [5.74, 6) is -0.376. The minimum atomic E-state index is -0.647. The molecule has 1 amide bonds. The first-order chi connectivity index (χ1) is 13.8. The van der Waals surface area contributed by atoms with E-state index in [2.05, 4.69) is 0 Å². The van der Waals surface area contributed by atoms with E-state index in [0.717, 1.165) is 12.0 Å². The number of fused-ring (bicyclic) bond motifs is 1. The zero-order valence-corrected chi connectivity index (χ0v) is 16.6. The number of rotatable bonds is 4. The number of methoxy groups -OCH3 is 1. The van der Waals surface area contributed by atoms with E-state index in [9.17, 15) is 14.0 Å². The molecule has 1 fully saturated rings. The number of carbonyl (C=O) groups excluding carboxylic acids is 2. The Bertz CT molecular complexity index is 997. The molecule has 152 valence electrons. The normalized spacial score (nSPS) is 16.5. The minimum Gasteiger partial charge on any atom is -0.487 e. The summed E-state index contributed by atoms with van der Waals surface area (Å²) in [5, 5.41) is 0. The van der Waals surface area contributed by atoms with Crippen molar-refractivity contribution in [2.75, 3.05) is 20.2 Å². The van der Waals surface area contributed by atoms with Gasteiger partial charge in [0, 0.05) is 37.2 Å². The zero-order chi connectivity index (χ0) is 20.8. The van der Waals surface area contributed by atoms with Gasteiger partial charge in [-0.05, 0) is 38.5 Å². The Morgan fingerprint density at radius 3 is 2.48 bits per heavy atom. The van der Waals surface area contributed by atoms with Gasteiger partial charge in [0.2, 0.25) is 0 Å². The quantitative estimate of drug-likeness (QED) is 0.728. The predicted octanol–water partition coefficient (Wildman–Crippen LogP) is 3.96. The number of hydrogen-bond acceptors (Lipinski definition) is 5. The summed E-state index contributed by atoms with van der Waals surface area (Å²) in [6, 6.07) is 7.36. The minimum absolute atomic E-state index is 0.0198. The molecule has 0 aromatic heterocycles. The van der Waals surface area contributed by atoms with Crippen molar-refractivity contribution < 1.29 is 28.2 Å². The molecular formula is C22H22FNO5. The van der Waals surface area contributed by atoms with Crippen molar-refractivity contribution in [3.8, 4) is 17.2 Å². The van der Waals surface area contributed by atoms with Gasteiger partial charge in [-0.1, -0.05) is 0 Å². The Morgan fingerprint density at radius 1 is 1.10 bits per heavy atom. The first-order valence-electron chi connectivity index (χ1n) is 9.48. The molecule has 7 heteroatoms. The maximum Gasteiger partial charge on any atom is 0.338 e. The van der Waals surface area contributed by atoms with Gasteiger partial charge in [0.25, 0.3) is 5.91 Å². The van der Waals surface area contributed by atoms with Gasteiger partial charge in [0.05, 0.1) is 18.2 Å². The van der Waals surface area contributed by atoms with Crippen LogP contribution in [0.1, 0.15) is 46.5 Å². The summed E-state index contributed by atoms with van der Waals surface area (Å²) in [5.41, 5.74) is 0.687. The molecule has 2 aromatic carbocycles. The molecule has 4 rings (SSSR count). The predicted molar refractivity (Wildman–Crippen MR) is 103 cm³/mol. The van der Waals surface area contributed by atoms with Crippen LogP contribution in [0, 0.1) is 5.82 Å². The summed E-state index contributed by atoms with van der Waals surface area (Å²) >= 11 is 0. The molecule has 2 aliphatic heterocycles. The van der Waals surface area contributed by atoms with Crippen LogP contribution in [-0.4, -0.2) is 42.6 Å². The third kappa shape index (κ3) is 3.64. The Morgan fingerprint density at radius 2 is 1.86 bits per heavy atom. The first kappa shape index (κ1) is 19.2. The van der Waals surface area contributed by atoms with Gasteiger partial charge in [-0.15, -0.1) is 0 Å². The van der Waals surface area contributed by atoms with Crippen LogP contribution >= 0.6 is 0 Å². The van der Waals surface area contributed by atoms with Crippen molar-refractivity contribution >= 4 is 11.9 Å². The van der Waals surface area contributed by atoms with E-state index in [1.807, 2.05) is 13.8 Å². The van der Waals surface area contributed by atoms with Crippen LogP contribution in [0.2, 0.25) is 0 Å². The van der Waals surface area contributed by atoms with Crippen LogP contribution in [0.4, 0.5) is 4.39 Å². The number of amides is 1. The molecule has 0 unspecified atom stereocenters. The fourth-order valence-corrected chi connectivity index (χ4v) is 3.56. The van der Waals surface area contributed by atoms with Crippen LogP contribution in [0.5, 0.6) is 17.2 Å². The van der Waals surface area contributed by atoms with Crippen molar-refractivity contribution in [2.45, 2.75) is 32.3 Å². The molecule has 0 bridgehead atoms. The van der Waals surface area contributed by atoms with E-state index < -0.39 is 17.4 Å². The second kappa shape index (κ2) is 7.06. The highest BCUT2D eigenvalue weighted by molar-refractivity contribution is 5.95. The van der Waals surface area contributed by atoms with Crippen molar-refractivity contribution in [1.29, 1.82) is 0 Å². The molecule has 2 heterocycles. The lowest BCUT2D eigenvalue weighted by Crippen LogP contribution is -2.42. The van der Waals surface area contributed by atoms with Gasteiger partial charge in [0.15, 0.2) is 0 Å². The summed E-state index contributed by atoms with van der Waals surface area (Å²) in [7, 11) is 1.31. The summed E-state index contributed by atoms with van der Waals surface area (Å²) < 4.78 is 31.0. The van der Waals surface area contributed by atoms with E-state index in [-0.39, 0.29) is 17.2 Å². The van der Waals surface area contributed by atoms with Crippen molar-refractivity contribution in [1.82, 2.24) is 4.90 Å². The Labute approximate surface area is 168 Å². The number of nitrogens with zero attached hydrogens (tertiary/aromatic N) is 1. The highest BCUT2D eigenvalue weighted by Crippen LogP contribution is 2.41. The zero-order valence-electron chi connectivity index (χ0n) is 16.6. The molecule has 0 N–H and O–H groups in total. The second-order valence-corrected chi connectivity index (χ2v) is 7.87. The highest BCUT2D eigenvalue weighted by Gasteiger charge is 2.34. The van der Waals surface area contributed by atoms with Crippen molar-refractivity contribution in [2.24, 2.45) is 0 Å². The standard InChI is InChI=1S/C22H22FNO5/c1-22(2)12-17-16(21(26)27-3)9-14(11-19(17)29-22)28-13-5-6-15(18(23)10-13)20(25)24-7-4-8-24/h5-6,9-11H,4,7-8,12H2,1-3H3. The number of benzene rings is 2. The monoisotopic (exact) mass is 399 g/mol. The van der Waals surface area contributed by atoms with Crippen LogP contribution < -0.4 is 9.47 Å². The lowest BCUT2D eigenvalue weighted by Gasteiger charge is -2.31. The number of esters is 1. The largest absolute Gasteiger partial charge is 0.487 e. The molecular weight excluding hydrogens is 377 g/mol. The van der Waals surface area contributed by atoms with E-state index >= 15 is 0 Å². The number of halogens is 1. The maximum atomic E-state index is 14.5. The maximum absolute atomic E-state index is 14.5. The molecule has 0 saturated carbocycles. The van der Waals surface area contributed by atoms with Gasteiger partial charge in [-0.2, -0.15) is 0 Å². The summed E-state index contributed by atoms with van der Waals surface area (Å²) in [6.07, 6.45) is 1.50. The van der Waals surface area contributed by atoms with Crippen LogP contribution in [0.25, 0.3) is 0 Å². The smallest absolute Gasteiger partial charge is 0.338 e. The Hall–Kier alpha value is -3.09. The van der Waals surface area contributed by atoms with Crippen LogP contribution in [-0.2, 0) is 11.2 Å². The number of ether oxygens (including phenoxy) is 3. The van der Waals surface area contributed by atoms with Gasteiger partial charge >= 0.3 is 5.97 Å². The Kier molecular flexibility index (Phi) is 4.68. The highest BCUT2D eigenvalue weighted by atomic mass is 19.1.